The van der Waals surface area contributed by atoms with Gasteiger partial charge in [-0.3, -0.25) is 4.79 Å². The number of hydrogen-bond donors (Lipinski definition) is 2. The van der Waals surface area contributed by atoms with Crippen molar-refractivity contribution in [3.8, 4) is 11.4 Å². The standard InChI is InChI=1S/C16H14FN3O/c1-18-9-10-8-15(21)20-16(19-10)13-6-7-14(17)12-5-3-2-4-11(12)13/h2-8,18H,9H2,1H3,(H,19,20,21). The van der Waals surface area contributed by atoms with E-state index in [1.165, 1.54) is 12.1 Å². The summed E-state index contributed by atoms with van der Waals surface area (Å²) in [6, 6.07) is 11.6. The topological polar surface area (TPSA) is 57.8 Å². The summed E-state index contributed by atoms with van der Waals surface area (Å²) >= 11 is 0. The van der Waals surface area contributed by atoms with E-state index < -0.39 is 0 Å². The predicted octanol–water partition coefficient (Wildman–Crippen LogP) is 2.45. The molecule has 0 unspecified atom stereocenters. The highest BCUT2D eigenvalue weighted by molar-refractivity contribution is 5.95. The average Bonchev–Trinajstić information content (AvgIpc) is 2.47. The van der Waals surface area contributed by atoms with E-state index in [1.54, 1.807) is 25.2 Å². The molecule has 0 aliphatic heterocycles. The quantitative estimate of drug-likeness (QED) is 0.776. The molecule has 1 aromatic heterocycles. The normalized spacial score (nSPS) is 11.0. The van der Waals surface area contributed by atoms with E-state index in [4.69, 9.17) is 0 Å². The van der Waals surface area contributed by atoms with E-state index in [-0.39, 0.29) is 11.4 Å². The van der Waals surface area contributed by atoms with Crippen LogP contribution in [-0.4, -0.2) is 17.0 Å². The van der Waals surface area contributed by atoms with Crippen LogP contribution in [0.1, 0.15) is 5.69 Å². The molecule has 106 valence electrons. The van der Waals surface area contributed by atoms with E-state index >= 15 is 0 Å². The van der Waals surface area contributed by atoms with Crippen molar-refractivity contribution in [3.63, 3.8) is 0 Å². The zero-order valence-electron chi connectivity index (χ0n) is 11.5. The first-order valence-electron chi connectivity index (χ1n) is 6.61. The second-order valence-electron chi connectivity index (χ2n) is 4.76. The van der Waals surface area contributed by atoms with E-state index in [0.717, 1.165) is 5.39 Å². The van der Waals surface area contributed by atoms with Crippen molar-refractivity contribution in [1.29, 1.82) is 0 Å². The fraction of sp³-hybridized carbons (Fsp3) is 0.125. The molecule has 0 saturated heterocycles. The summed E-state index contributed by atoms with van der Waals surface area (Å²) in [5.74, 6) is 0.159. The van der Waals surface area contributed by atoms with Gasteiger partial charge in [0.05, 0.1) is 5.69 Å². The monoisotopic (exact) mass is 283 g/mol. The smallest absolute Gasteiger partial charge is 0.251 e. The van der Waals surface area contributed by atoms with Crippen LogP contribution in [0, 0.1) is 5.82 Å². The van der Waals surface area contributed by atoms with Gasteiger partial charge in [0, 0.05) is 23.6 Å². The predicted molar refractivity (Wildman–Crippen MR) is 80.5 cm³/mol. The number of halogens is 1. The van der Waals surface area contributed by atoms with Gasteiger partial charge in [0.1, 0.15) is 11.6 Å². The van der Waals surface area contributed by atoms with Crippen molar-refractivity contribution < 1.29 is 4.39 Å². The summed E-state index contributed by atoms with van der Waals surface area (Å²) in [4.78, 5) is 18.9. The summed E-state index contributed by atoms with van der Waals surface area (Å²) in [6.45, 7) is 0.496. The van der Waals surface area contributed by atoms with Crippen molar-refractivity contribution in [1.82, 2.24) is 15.3 Å². The molecule has 0 amide bonds. The van der Waals surface area contributed by atoms with Gasteiger partial charge >= 0.3 is 0 Å². The molecule has 3 rings (SSSR count). The Balaban J connectivity index is 2.26. The molecule has 0 spiro atoms. The maximum atomic E-state index is 13.9. The van der Waals surface area contributed by atoms with Crippen LogP contribution >= 0.6 is 0 Å². The second-order valence-corrected chi connectivity index (χ2v) is 4.76. The van der Waals surface area contributed by atoms with E-state index in [1.807, 2.05) is 12.1 Å². The SMILES string of the molecule is CNCc1cc(=O)[nH]c(-c2ccc(F)c3ccccc23)n1. The van der Waals surface area contributed by atoms with Gasteiger partial charge in [0.15, 0.2) is 0 Å². The van der Waals surface area contributed by atoms with Gasteiger partial charge in [0.2, 0.25) is 0 Å². The van der Waals surface area contributed by atoms with Gasteiger partial charge in [-0.05, 0) is 24.6 Å². The maximum absolute atomic E-state index is 13.9. The summed E-state index contributed by atoms with van der Waals surface area (Å²) in [5.41, 5.74) is 1.13. The van der Waals surface area contributed by atoms with Crippen LogP contribution in [-0.2, 0) is 6.54 Å². The summed E-state index contributed by atoms with van der Waals surface area (Å²) in [6.07, 6.45) is 0. The average molecular weight is 283 g/mol. The number of nitrogens with one attached hydrogen (secondary N) is 2. The lowest BCUT2D eigenvalue weighted by Crippen LogP contribution is -2.15. The Morgan fingerprint density at radius 2 is 1.95 bits per heavy atom. The minimum atomic E-state index is -0.289. The fourth-order valence-corrected chi connectivity index (χ4v) is 2.38. The molecule has 21 heavy (non-hydrogen) atoms. The molecule has 0 bridgehead atoms. The Kier molecular flexibility index (Phi) is 3.50. The second kappa shape index (κ2) is 5.46. The highest BCUT2D eigenvalue weighted by Gasteiger charge is 2.10. The lowest BCUT2D eigenvalue weighted by molar-refractivity contribution is 0.640. The number of aromatic amines is 1. The van der Waals surface area contributed by atoms with E-state index in [9.17, 15) is 9.18 Å². The molecule has 0 aliphatic rings. The van der Waals surface area contributed by atoms with Crippen LogP contribution in [0.5, 0.6) is 0 Å². The fourth-order valence-electron chi connectivity index (χ4n) is 2.38. The number of rotatable bonds is 3. The van der Waals surface area contributed by atoms with E-state index in [0.29, 0.717) is 29.0 Å². The molecule has 1 heterocycles. The molecule has 4 nitrogen and oxygen atoms in total. The Bertz CT molecular complexity index is 858. The maximum Gasteiger partial charge on any atom is 0.251 e. The first-order chi connectivity index (χ1) is 10.2. The molecule has 0 radical (unpaired) electrons. The van der Waals surface area contributed by atoms with Gasteiger partial charge in [-0.1, -0.05) is 24.3 Å². The van der Waals surface area contributed by atoms with Crippen molar-refractivity contribution in [2.75, 3.05) is 7.05 Å². The van der Waals surface area contributed by atoms with Crippen LogP contribution in [0.2, 0.25) is 0 Å². The van der Waals surface area contributed by atoms with Crippen molar-refractivity contribution in [2.45, 2.75) is 6.54 Å². The minimum Gasteiger partial charge on any atom is -0.314 e. The first kappa shape index (κ1) is 13.5. The van der Waals surface area contributed by atoms with Crippen molar-refractivity contribution >= 4 is 10.8 Å². The zero-order valence-corrected chi connectivity index (χ0v) is 11.5. The Morgan fingerprint density at radius 1 is 1.19 bits per heavy atom. The van der Waals surface area contributed by atoms with Crippen LogP contribution in [0.25, 0.3) is 22.2 Å². The summed E-state index contributed by atoms with van der Waals surface area (Å²) in [7, 11) is 1.79. The Labute approximate surface area is 120 Å². The van der Waals surface area contributed by atoms with Crippen LogP contribution in [0.15, 0.2) is 47.3 Å². The largest absolute Gasteiger partial charge is 0.314 e. The molecular weight excluding hydrogens is 269 g/mol. The lowest BCUT2D eigenvalue weighted by Gasteiger charge is -2.08. The van der Waals surface area contributed by atoms with Crippen molar-refractivity contribution in [3.05, 3.63) is 64.3 Å². The molecule has 3 aromatic rings. The van der Waals surface area contributed by atoms with Gasteiger partial charge < -0.3 is 10.3 Å². The number of fused-ring (bicyclic) bond motifs is 1. The number of nitrogens with zero attached hydrogens (tertiary/aromatic N) is 1. The van der Waals surface area contributed by atoms with Crippen LogP contribution < -0.4 is 10.9 Å². The summed E-state index contributed by atoms with van der Waals surface area (Å²) < 4.78 is 13.9. The van der Waals surface area contributed by atoms with Crippen molar-refractivity contribution in [2.24, 2.45) is 0 Å². The number of H-pyrrole nitrogens is 1. The minimum absolute atomic E-state index is 0.223. The van der Waals surface area contributed by atoms with E-state index in [2.05, 4.69) is 15.3 Å². The Morgan fingerprint density at radius 3 is 2.71 bits per heavy atom. The third-order valence-corrected chi connectivity index (χ3v) is 3.28. The van der Waals surface area contributed by atoms with Gasteiger partial charge in [0.25, 0.3) is 5.56 Å². The molecular formula is C16H14FN3O. The molecule has 0 aliphatic carbocycles. The molecule has 2 N–H and O–H groups in total. The number of aromatic nitrogens is 2. The highest BCUT2D eigenvalue weighted by atomic mass is 19.1. The molecule has 0 fully saturated rings. The van der Waals surface area contributed by atoms with Gasteiger partial charge in [-0.15, -0.1) is 0 Å². The van der Waals surface area contributed by atoms with Gasteiger partial charge in [-0.2, -0.15) is 0 Å². The number of hydrogen-bond acceptors (Lipinski definition) is 3. The highest BCUT2D eigenvalue weighted by Crippen LogP contribution is 2.27. The van der Waals surface area contributed by atoms with Crippen LogP contribution in [0.4, 0.5) is 4.39 Å². The molecule has 0 saturated carbocycles. The van der Waals surface area contributed by atoms with Gasteiger partial charge in [-0.25, -0.2) is 9.37 Å². The lowest BCUT2D eigenvalue weighted by atomic mass is 10.0. The summed E-state index contributed by atoms with van der Waals surface area (Å²) in [5, 5.41) is 4.20. The third-order valence-electron chi connectivity index (χ3n) is 3.28. The van der Waals surface area contributed by atoms with Crippen LogP contribution in [0.3, 0.4) is 0 Å². The number of benzene rings is 2. The molecule has 0 atom stereocenters. The first-order valence-corrected chi connectivity index (χ1v) is 6.61. The zero-order chi connectivity index (χ0) is 14.8. The Hall–Kier alpha value is -2.53. The molecule has 5 heteroatoms. The molecule has 2 aromatic carbocycles. The third kappa shape index (κ3) is 2.55.